The molecule has 1 heterocycles. The standard InChI is InChI=1S/C17H25N3O3/c1-2-20(15-8-10-19(11-9-15)16(21)12-18)17(22)23-13-14-6-4-3-5-7-14/h3-7,15H,2,8-13,18H2,1H3. The highest BCUT2D eigenvalue weighted by Gasteiger charge is 2.29. The lowest BCUT2D eigenvalue weighted by atomic mass is 10.0. The first kappa shape index (κ1) is 17.3. The monoisotopic (exact) mass is 319 g/mol. The number of nitrogens with zero attached hydrogens (tertiary/aromatic N) is 2. The Morgan fingerprint density at radius 3 is 2.48 bits per heavy atom. The molecule has 0 spiro atoms. The first-order chi connectivity index (χ1) is 11.2. The molecule has 23 heavy (non-hydrogen) atoms. The largest absolute Gasteiger partial charge is 0.445 e. The van der Waals surface area contributed by atoms with Crippen molar-refractivity contribution in [3.05, 3.63) is 35.9 Å². The summed E-state index contributed by atoms with van der Waals surface area (Å²) in [5.41, 5.74) is 6.36. The fourth-order valence-electron chi connectivity index (χ4n) is 2.89. The number of carbonyl (C=O) groups is 2. The number of hydrogen-bond acceptors (Lipinski definition) is 4. The number of amides is 2. The van der Waals surface area contributed by atoms with Crippen LogP contribution >= 0.6 is 0 Å². The van der Waals surface area contributed by atoms with Crippen LogP contribution in [0, 0.1) is 0 Å². The van der Waals surface area contributed by atoms with E-state index < -0.39 is 0 Å². The molecule has 0 atom stereocenters. The molecular weight excluding hydrogens is 294 g/mol. The van der Waals surface area contributed by atoms with Crippen molar-refractivity contribution in [1.82, 2.24) is 9.80 Å². The molecule has 0 bridgehead atoms. The van der Waals surface area contributed by atoms with Gasteiger partial charge < -0.3 is 20.3 Å². The summed E-state index contributed by atoms with van der Waals surface area (Å²) in [5.74, 6) is -0.0295. The average Bonchev–Trinajstić information content (AvgIpc) is 2.61. The first-order valence-corrected chi connectivity index (χ1v) is 8.10. The molecule has 0 unspecified atom stereocenters. The Morgan fingerprint density at radius 2 is 1.91 bits per heavy atom. The van der Waals surface area contributed by atoms with Crippen molar-refractivity contribution in [2.45, 2.75) is 32.4 Å². The van der Waals surface area contributed by atoms with E-state index in [1.165, 1.54) is 0 Å². The Hall–Kier alpha value is -2.08. The second-order valence-electron chi connectivity index (χ2n) is 5.64. The molecular formula is C17H25N3O3. The third-order valence-electron chi connectivity index (χ3n) is 4.21. The molecule has 6 nitrogen and oxygen atoms in total. The van der Waals surface area contributed by atoms with Crippen LogP contribution in [0.2, 0.25) is 0 Å². The summed E-state index contributed by atoms with van der Waals surface area (Å²) in [5, 5.41) is 0. The normalized spacial score (nSPS) is 15.3. The van der Waals surface area contributed by atoms with Gasteiger partial charge in [-0.25, -0.2) is 4.79 Å². The van der Waals surface area contributed by atoms with Crippen LogP contribution in [0.15, 0.2) is 30.3 Å². The fraction of sp³-hybridized carbons (Fsp3) is 0.529. The van der Waals surface area contributed by atoms with E-state index in [0.29, 0.717) is 19.6 Å². The predicted molar refractivity (Wildman–Crippen MR) is 87.7 cm³/mol. The fourth-order valence-corrected chi connectivity index (χ4v) is 2.89. The molecule has 1 fully saturated rings. The molecule has 2 rings (SSSR count). The van der Waals surface area contributed by atoms with Crippen molar-refractivity contribution >= 4 is 12.0 Å². The minimum Gasteiger partial charge on any atom is -0.445 e. The van der Waals surface area contributed by atoms with Crippen molar-refractivity contribution in [3.63, 3.8) is 0 Å². The molecule has 1 aliphatic heterocycles. The van der Waals surface area contributed by atoms with E-state index in [1.807, 2.05) is 37.3 Å². The molecule has 1 aliphatic rings. The van der Waals surface area contributed by atoms with Crippen LogP contribution in [0.5, 0.6) is 0 Å². The molecule has 0 aliphatic carbocycles. The third-order valence-corrected chi connectivity index (χ3v) is 4.21. The van der Waals surface area contributed by atoms with E-state index in [1.54, 1.807) is 9.80 Å². The van der Waals surface area contributed by atoms with Gasteiger partial charge in [0.05, 0.1) is 6.54 Å². The van der Waals surface area contributed by atoms with E-state index in [9.17, 15) is 9.59 Å². The molecule has 6 heteroatoms. The highest BCUT2D eigenvalue weighted by molar-refractivity contribution is 5.78. The first-order valence-electron chi connectivity index (χ1n) is 8.10. The van der Waals surface area contributed by atoms with Crippen molar-refractivity contribution in [3.8, 4) is 0 Å². The number of carbonyl (C=O) groups excluding carboxylic acids is 2. The summed E-state index contributed by atoms with van der Waals surface area (Å²) in [6.07, 6.45) is 1.24. The van der Waals surface area contributed by atoms with Gasteiger partial charge in [-0.1, -0.05) is 30.3 Å². The maximum Gasteiger partial charge on any atom is 0.410 e. The highest BCUT2D eigenvalue weighted by atomic mass is 16.6. The van der Waals surface area contributed by atoms with Gasteiger partial charge in [0.1, 0.15) is 6.61 Å². The number of hydrogen-bond donors (Lipinski definition) is 1. The minimum absolute atomic E-state index is 0.0295. The molecule has 2 N–H and O–H groups in total. The van der Waals surface area contributed by atoms with Gasteiger partial charge in [0.15, 0.2) is 0 Å². The second kappa shape index (κ2) is 8.53. The maximum absolute atomic E-state index is 12.3. The number of nitrogens with two attached hydrogens (primary N) is 1. The highest BCUT2D eigenvalue weighted by Crippen LogP contribution is 2.18. The number of piperidine rings is 1. The van der Waals surface area contributed by atoms with Crippen LogP contribution in [0.1, 0.15) is 25.3 Å². The van der Waals surface area contributed by atoms with Crippen LogP contribution in [-0.2, 0) is 16.1 Å². The zero-order valence-corrected chi connectivity index (χ0v) is 13.6. The van der Waals surface area contributed by atoms with Gasteiger partial charge in [-0.3, -0.25) is 4.79 Å². The molecule has 1 aromatic rings. The zero-order valence-electron chi connectivity index (χ0n) is 13.6. The summed E-state index contributed by atoms with van der Waals surface area (Å²) in [6.45, 7) is 4.15. The SMILES string of the molecule is CCN(C(=O)OCc1ccccc1)C1CCN(C(=O)CN)CC1. The van der Waals surface area contributed by atoms with E-state index >= 15 is 0 Å². The predicted octanol–water partition coefficient (Wildman–Crippen LogP) is 1.59. The summed E-state index contributed by atoms with van der Waals surface area (Å²) < 4.78 is 5.42. The van der Waals surface area contributed by atoms with Gasteiger partial charge in [-0.05, 0) is 25.3 Å². The Bertz CT molecular complexity index is 513. The van der Waals surface area contributed by atoms with Gasteiger partial charge in [0.25, 0.3) is 0 Å². The molecule has 0 saturated carbocycles. The van der Waals surface area contributed by atoms with Crippen molar-refractivity contribution in [2.75, 3.05) is 26.2 Å². The van der Waals surface area contributed by atoms with Crippen LogP contribution in [-0.4, -0.2) is 54.0 Å². The van der Waals surface area contributed by atoms with E-state index in [0.717, 1.165) is 18.4 Å². The van der Waals surface area contributed by atoms with Crippen LogP contribution in [0.3, 0.4) is 0 Å². The quantitative estimate of drug-likeness (QED) is 0.894. The molecule has 1 saturated heterocycles. The summed E-state index contributed by atoms with van der Waals surface area (Å²) in [7, 11) is 0. The van der Waals surface area contributed by atoms with Crippen LogP contribution in [0.4, 0.5) is 4.79 Å². The number of benzene rings is 1. The van der Waals surface area contributed by atoms with Crippen molar-refractivity contribution < 1.29 is 14.3 Å². The number of likely N-dealkylation sites (tertiary alicyclic amines) is 1. The smallest absolute Gasteiger partial charge is 0.410 e. The van der Waals surface area contributed by atoms with Crippen LogP contribution < -0.4 is 5.73 Å². The Labute approximate surface area is 137 Å². The summed E-state index contributed by atoms with van der Waals surface area (Å²) >= 11 is 0. The third kappa shape index (κ3) is 4.69. The molecule has 0 aromatic heterocycles. The minimum atomic E-state index is -0.292. The number of ether oxygens (including phenoxy) is 1. The summed E-state index contributed by atoms with van der Waals surface area (Å²) in [6, 6.07) is 9.75. The average molecular weight is 319 g/mol. The van der Waals surface area contributed by atoms with Gasteiger partial charge in [-0.15, -0.1) is 0 Å². The molecule has 126 valence electrons. The van der Waals surface area contributed by atoms with Gasteiger partial charge >= 0.3 is 6.09 Å². The lowest BCUT2D eigenvalue weighted by Gasteiger charge is -2.37. The lowest BCUT2D eigenvalue weighted by Crippen LogP contribution is -2.49. The lowest BCUT2D eigenvalue weighted by molar-refractivity contribution is -0.131. The molecule has 1 aromatic carbocycles. The summed E-state index contributed by atoms with van der Waals surface area (Å²) in [4.78, 5) is 27.4. The van der Waals surface area contributed by atoms with E-state index in [2.05, 4.69) is 0 Å². The van der Waals surface area contributed by atoms with E-state index in [4.69, 9.17) is 10.5 Å². The van der Waals surface area contributed by atoms with E-state index in [-0.39, 0.29) is 31.2 Å². The maximum atomic E-state index is 12.3. The Morgan fingerprint density at radius 1 is 1.26 bits per heavy atom. The van der Waals surface area contributed by atoms with Gasteiger partial charge in [0, 0.05) is 25.7 Å². The Balaban J connectivity index is 1.85. The van der Waals surface area contributed by atoms with Crippen LogP contribution in [0.25, 0.3) is 0 Å². The molecule has 2 amide bonds. The van der Waals surface area contributed by atoms with Gasteiger partial charge in [-0.2, -0.15) is 0 Å². The van der Waals surface area contributed by atoms with Crippen molar-refractivity contribution in [1.29, 1.82) is 0 Å². The zero-order chi connectivity index (χ0) is 16.7. The molecule has 0 radical (unpaired) electrons. The van der Waals surface area contributed by atoms with Gasteiger partial charge in [0.2, 0.25) is 5.91 Å². The second-order valence-corrected chi connectivity index (χ2v) is 5.64. The number of rotatable bonds is 5. The Kier molecular flexibility index (Phi) is 6.40. The topological polar surface area (TPSA) is 75.9 Å². The van der Waals surface area contributed by atoms with Crippen molar-refractivity contribution in [2.24, 2.45) is 5.73 Å².